The zero-order valence-corrected chi connectivity index (χ0v) is 28.9. The van der Waals surface area contributed by atoms with Crippen LogP contribution >= 0.6 is 11.8 Å². The van der Waals surface area contributed by atoms with Gasteiger partial charge in [0.2, 0.25) is 0 Å². The first-order valence-corrected chi connectivity index (χ1v) is 15.5. The van der Waals surface area contributed by atoms with Crippen LogP contribution in [-0.4, -0.2) is 17.1 Å². The molecular weight excluding hydrogens is 638 g/mol. The molecule has 0 saturated carbocycles. The van der Waals surface area contributed by atoms with Gasteiger partial charge in [-0.2, -0.15) is 0 Å². The molecule has 46 heavy (non-hydrogen) atoms. The molecule has 2 aliphatic rings. The second-order valence-corrected chi connectivity index (χ2v) is 11.8. The summed E-state index contributed by atoms with van der Waals surface area (Å²) in [6.07, 6.45) is 8.27. The van der Waals surface area contributed by atoms with E-state index in [1.54, 1.807) is 18.9 Å². The number of methoxy groups -OCH3 is 1. The van der Waals surface area contributed by atoms with E-state index in [0.29, 0.717) is 0 Å². The van der Waals surface area contributed by atoms with Crippen molar-refractivity contribution in [1.29, 1.82) is 0 Å². The summed E-state index contributed by atoms with van der Waals surface area (Å²) in [4.78, 5) is 22.6. The minimum atomic E-state index is 0. The molecule has 8 rings (SSSR count). The molecule has 0 amide bonds. The minimum absolute atomic E-state index is 0. The summed E-state index contributed by atoms with van der Waals surface area (Å²) in [7, 11) is 1.68. The van der Waals surface area contributed by atoms with Gasteiger partial charge < -0.3 is 14.7 Å². The van der Waals surface area contributed by atoms with Gasteiger partial charge in [0.1, 0.15) is 5.75 Å². The van der Waals surface area contributed by atoms with Gasteiger partial charge >= 0.3 is 19.5 Å². The second kappa shape index (κ2) is 12.8. The van der Waals surface area contributed by atoms with E-state index in [9.17, 15) is 0 Å². The van der Waals surface area contributed by atoms with Crippen molar-refractivity contribution < 1.29 is 24.2 Å². The van der Waals surface area contributed by atoms with Crippen LogP contribution in [0.3, 0.4) is 0 Å². The van der Waals surface area contributed by atoms with Crippen LogP contribution in [0.25, 0.3) is 68.6 Å². The summed E-state index contributed by atoms with van der Waals surface area (Å²) in [5.74, 6) is 0.814. The predicted molar refractivity (Wildman–Crippen MR) is 185 cm³/mol. The van der Waals surface area contributed by atoms with Gasteiger partial charge in [0.25, 0.3) is 0 Å². The Morgan fingerprint density at radius 2 is 1.15 bits per heavy atom. The van der Waals surface area contributed by atoms with E-state index in [1.807, 2.05) is 66.7 Å². The van der Waals surface area contributed by atoms with Crippen LogP contribution in [0, 0.1) is 0 Å². The molecule has 0 N–H and O–H groups in total. The first-order valence-electron chi connectivity index (χ1n) is 14.7. The zero-order chi connectivity index (χ0) is 30.2. The number of hydrogen-bond donors (Lipinski definition) is 0. The standard InChI is InChI=1S/C39H26N4OS.Zn/c1-44-29-14-16-30(17-15-29)45-39-35-22-20-33(42-35)37(25-8-4-2-5-9-25)31-18-12-27(40-31)24-28-13-19-32(41-28)38(26-10-6-3-7-11-26)34-21-23-36(39)43-34;/h2-24H,1H3;/q-2;+2. The van der Waals surface area contributed by atoms with E-state index < -0.39 is 0 Å². The zero-order valence-electron chi connectivity index (χ0n) is 25.1. The third-order valence-electron chi connectivity index (χ3n) is 7.79. The Morgan fingerprint density at radius 1 is 0.565 bits per heavy atom. The number of hydrogen-bond acceptors (Lipinski definition) is 4. The third kappa shape index (κ3) is 5.76. The molecule has 216 valence electrons. The van der Waals surface area contributed by atoms with Gasteiger partial charge in [-0.05, 0) is 70.8 Å². The van der Waals surface area contributed by atoms with Crippen molar-refractivity contribution >= 4 is 58.1 Å². The molecule has 3 aromatic carbocycles. The average Bonchev–Trinajstić information content (AvgIpc) is 3.91. The Morgan fingerprint density at radius 3 is 1.85 bits per heavy atom. The van der Waals surface area contributed by atoms with Crippen LogP contribution in [0.15, 0.2) is 125 Å². The van der Waals surface area contributed by atoms with Crippen molar-refractivity contribution in [2.24, 2.45) is 0 Å². The predicted octanol–water partition coefficient (Wildman–Crippen LogP) is 9.41. The van der Waals surface area contributed by atoms with Crippen LogP contribution in [0.2, 0.25) is 0 Å². The van der Waals surface area contributed by atoms with E-state index in [1.165, 1.54) is 0 Å². The molecule has 0 aliphatic carbocycles. The average molecular weight is 664 g/mol. The summed E-state index contributed by atoms with van der Waals surface area (Å²) in [5.41, 5.74) is 10.9. The summed E-state index contributed by atoms with van der Waals surface area (Å²) < 4.78 is 5.41. The van der Waals surface area contributed by atoms with E-state index in [2.05, 4.69) is 72.8 Å². The Balaban J connectivity index is 0.00000338. The molecule has 0 fully saturated rings. The molecule has 7 heteroatoms. The van der Waals surface area contributed by atoms with Crippen molar-refractivity contribution in [2.45, 2.75) is 9.79 Å². The van der Waals surface area contributed by atoms with Crippen LogP contribution in [0.1, 0.15) is 22.8 Å². The fourth-order valence-corrected chi connectivity index (χ4v) is 6.61. The molecule has 5 heterocycles. The number of rotatable bonds is 5. The Kier molecular flexibility index (Phi) is 8.27. The summed E-state index contributed by atoms with van der Waals surface area (Å²) in [6, 6.07) is 39.0. The summed E-state index contributed by atoms with van der Waals surface area (Å²) in [5, 5.41) is 0. The molecule has 0 saturated heterocycles. The van der Waals surface area contributed by atoms with Gasteiger partial charge in [0.05, 0.1) is 29.9 Å². The second-order valence-electron chi connectivity index (χ2n) is 10.7. The Hall–Kier alpha value is -4.97. The van der Waals surface area contributed by atoms with Crippen LogP contribution < -0.4 is 14.7 Å². The van der Waals surface area contributed by atoms with E-state index in [-0.39, 0.29) is 19.5 Å². The van der Waals surface area contributed by atoms with Gasteiger partial charge in [-0.1, -0.05) is 103 Å². The smallest absolute Gasteiger partial charge is 0.657 e. The van der Waals surface area contributed by atoms with Gasteiger partial charge in [-0.25, -0.2) is 9.97 Å². The maximum atomic E-state index is 5.41. The summed E-state index contributed by atoms with van der Waals surface area (Å²) >= 11 is 1.64. The van der Waals surface area contributed by atoms with Crippen LogP contribution in [-0.2, 0) is 19.5 Å². The number of fused-ring (bicyclic) bond motifs is 8. The van der Waals surface area contributed by atoms with Gasteiger partial charge in [0, 0.05) is 9.79 Å². The number of benzene rings is 3. The number of nitrogens with zero attached hydrogens (tertiary/aromatic N) is 4. The molecule has 3 aromatic heterocycles. The fraction of sp³-hybridized carbons (Fsp3) is 0.0256. The molecule has 0 spiro atoms. The Labute approximate surface area is 283 Å². The van der Waals surface area contributed by atoms with Gasteiger partial charge in [-0.3, -0.25) is 0 Å². The molecule has 6 aromatic rings. The SMILES string of the molecule is COc1ccc(Sc2c3nc(c(-c4ccccc4)c4ccc(cc5nc(c(-c6ccccc6)c6ccc2[n-]6)C=C5)[n-]4)C=C3)cc1.[Zn+2]. The van der Waals surface area contributed by atoms with E-state index in [4.69, 9.17) is 24.7 Å². The molecule has 8 bridgehead atoms. The normalized spacial score (nSPS) is 11.8. The third-order valence-corrected chi connectivity index (χ3v) is 8.92. The molecular formula is C39H26N4OSZn. The van der Waals surface area contributed by atoms with Crippen molar-refractivity contribution in [3.8, 4) is 28.0 Å². The topological polar surface area (TPSA) is 63.2 Å². The van der Waals surface area contributed by atoms with Crippen LogP contribution in [0.4, 0.5) is 0 Å². The van der Waals surface area contributed by atoms with E-state index in [0.717, 1.165) is 82.6 Å². The molecule has 0 radical (unpaired) electrons. The van der Waals surface area contributed by atoms with Crippen LogP contribution in [0.5, 0.6) is 5.75 Å². The molecule has 0 unspecified atom stereocenters. The number of aromatic nitrogens is 4. The minimum Gasteiger partial charge on any atom is -0.657 e. The maximum Gasteiger partial charge on any atom is 2.00 e. The quantitative estimate of drug-likeness (QED) is 0.171. The first kappa shape index (κ1) is 29.7. The molecule has 0 atom stereocenters. The van der Waals surface area contributed by atoms with Crippen molar-refractivity contribution in [3.05, 3.63) is 138 Å². The largest absolute Gasteiger partial charge is 2.00 e. The first-order chi connectivity index (χ1) is 22.2. The fourth-order valence-electron chi connectivity index (χ4n) is 5.66. The summed E-state index contributed by atoms with van der Waals surface area (Å²) in [6.45, 7) is 0. The van der Waals surface area contributed by atoms with Crippen molar-refractivity contribution in [1.82, 2.24) is 19.9 Å². The van der Waals surface area contributed by atoms with Gasteiger partial charge in [0.15, 0.2) is 0 Å². The van der Waals surface area contributed by atoms with E-state index >= 15 is 0 Å². The monoisotopic (exact) mass is 662 g/mol. The van der Waals surface area contributed by atoms with Crippen molar-refractivity contribution in [3.63, 3.8) is 0 Å². The molecule has 2 aliphatic heterocycles. The number of ether oxygens (including phenoxy) is 1. The maximum absolute atomic E-state index is 5.41. The van der Waals surface area contributed by atoms with Gasteiger partial charge in [-0.15, -0.1) is 22.1 Å². The van der Waals surface area contributed by atoms with Crippen molar-refractivity contribution in [2.75, 3.05) is 7.11 Å². The Bertz CT molecular complexity index is 2230. The molecule has 5 nitrogen and oxygen atoms in total.